The van der Waals surface area contributed by atoms with Gasteiger partial charge in [-0.3, -0.25) is 14.7 Å². The average molecular weight is 194 g/mol. The summed E-state index contributed by atoms with van der Waals surface area (Å²) in [7, 11) is -4.24. The number of amides is 3. The molecule has 1 fully saturated rings. The summed E-state index contributed by atoms with van der Waals surface area (Å²) in [5.41, 5.74) is 0. The van der Waals surface area contributed by atoms with Crippen molar-refractivity contribution in [2.75, 3.05) is 5.75 Å². The Balaban J connectivity index is 2.67. The molecule has 7 nitrogen and oxygen atoms in total. The fourth-order valence-corrected chi connectivity index (χ4v) is 1.44. The summed E-state index contributed by atoms with van der Waals surface area (Å²) >= 11 is 0. The fourth-order valence-electron chi connectivity index (χ4n) is 0.787. The summed E-state index contributed by atoms with van der Waals surface area (Å²) in [6, 6.07) is -1.94. The topological polar surface area (TPSA) is 113 Å². The molecule has 1 aliphatic heterocycles. The van der Waals surface area contributed by atoms with Gasteiger partial charge in [0.1, 0.15) is 11.8 Å². The van der Waals surface area contributed by atoms with E-state index in [0.29, 0.717) is 0 Å². The summed E-state index contributed by atoms with van der Waals surface area (Å²) in [5.74, 6) is -1.55. The standard InChI is InChI=1S/C4H6N2O5S/c7-3-2(1-12(9,10)11)5-4(8)6-3/h2H,1H2,(H,9,10,11)(H2,5,6,7,8)/t2-/m0/s1. The molecule has 1 heterocycles. The van der Waals surface area contributed by atoms with Crippen LogP contribution in [0.5, 0.6) is 0 Å². The third-order valence-corrected chi connectivity index (χ3v) is 1.99. The number of imide groups is 1. The maximum Gasteiger partial charge on any atom is 0.322 e. The second-order valence-electron chi connectivity index (χ2n) is 2.26. The lowest BCUT2D eigenvalue weighted by molar-refractivity contribution is -0.119. The lowest BCUT2D eigenvalue weighted by atomic mass is 10.3. The summed E-state index contributed by atoms with van der Waals surface area (Å²) in [4.78, 5) is 21.1. The number of nitrogens with one attached hydrogen (secondary N) is 2. The van der Waals surface area contributed by atoms with Gasteiger partial charge in [0.15, 0.2) is 0 Å². The molecule has 1 aliphatic rings. The fraction of sp³-hybridized carbons (Fsp3) is 0.500. The molecule has 1 atom stereocenters. The van der Waals surface area contributed by atoms with Gasteiger partial charge in [-0.1, -0.05) is 0 Å². The first-order valence-corrected chi connectivity index (χ1v) is 4.56. The van der Waals surface area contributed by atoms with Gasteiger partial charge in [0.05, 0.1) is 0 Å². The van der Waals surface area contributed by atoms with Crippen LogP contribution in [0.3, 0.4) is 0 Å². The SMILES string of the molecule is O=C1NC(=O)[C@H](CS(=O)(=O)O)N1. The maximum absolute atomic E-state index is 10.7. The Bertz CT molecular complexity index is 320. The molecule has 0 unspecified atom stereocenters. The van der Waals surface area contributed by atoms with E-state index in [4.69, 9.17) is 4.55 Å². The van der Waals surface area contributed by atoms with Gasteiger partial charge in [-0.15, -0.1) is 0 Å². The van der Waals surface area contributed by atoms with Crippen LogP contribution in [0.25, 0.3) is 0 Å². The van der Waals surface area contributed by atoms with Crippen LogP contribution >= 0.6 is 0 Å². The summed E-state index contributed by atoms with van der Waals surface area (Å²) < 4.78 is 28.9. The minimum absolute atomic E-state index is 0.752. The quantitative estimate of drug-likeness (QED) is 0.350. The van der Waals surface area contributed by atoms with E-state index in [0.717, 1.165) is 0 Å². The van der Waals surface area contributed by atoms with Crippen molar-refractivity contribution in [3.8, 4) is 0 Å². The minimum atomic E-state index is -4.24. The number of hydrogen-bond donors (Lipinski definition) is 3. The molecule has 0 aliphatic carbocycles. The lowest BCUT2D eigenvalue weighted by Gasteiger charge is -2.02. The van der Waals surface area contributed by atoms with Gasteiger partial charge >= 0.3 is 6.03 Å². The van der Waals surface area contributed by atoms with Crippen LogP contribution in [0.2, 0.25) is 0 Å². The molecule has 0 aromatic rings. The van der Waals surface area contributed by atoms with E-state index in [1.54, 1.807) is 0 Å². The van der Waals surface area contributed by atoms with Gasteiger partial charge in [-0.05, 0) is 0 Å². The predicted molar refractivity (Wildman–Crippen MR) is 36.9 cm³/mol. The van der Waals surface area contributed by atoms with Crippen molar-refractivity contribution in [2.45, 2.75) is 6.04 Å². The molecule has 0 aromatic carbocycles. The van der Waals surface area contributed by atoms with E-state index in [1.165, 1.54) is 0 Å². The van der Waals surface area contributed by atoms with Gasteiger partial charge in [0.2, 0.25) is 0 Å². The highest BCUT2D eigenvalue weighted by atomic mass is 32.2. The average Bonchev–Trinajstić information content (AvgIpc) is 2.06. The molecule has 8 heteroatoms. The number of rotatable bonds is 2. The summed E-state index contributed by atoms with van der Waals surface area (Å²) in [5, 5.41) is 3.85. The Labute approximate surface area is 67.9 Å². The van der Waals surface area contributed by atoms with Crippen LogP contribution in [0.1, 0.15) is 0 Å². The van der Waals surface area contributed by atoms with E-state index in [1.807, 2.05) is 10.6 Å². The molecule has 3 N–H and O–H groups in total. The first-order valence-electron chi connectivity index (χ1n) is 2.95. The van der Waals surface area contributed by atoms with Gasteiger partial charge in [-0.2, -0.15) is 8.42 Å². The van der Waals surface area contributed by atoms with E-state index < -0.39 is 33.9 Å². The monoisotopic (exact) mass is 194 g/mol. The summed E-state index contributed by atoms with van der Waals surface area (Å²) in [6.45, 7) is 0. The molecule has 0 aromatic heterocycles. The highest BCUT2D eigenvalue weighted by Crippen LogP contribution is 1.96. The third kappa shape index (κ3) is 2.17. The first-order chi connectivity index (χ1) is 5.38. The van der Waals surface area contributed by atoms with Gasteiger partial charge in [0, 0.05) is 0 Å². The molecule has 1 rings (SSSR count). The Morgan fingerprint density at radius 1 is 1.42 bits per heavy atom. The smallest absolute Gasteiger partial charge is 0.322 e. The molecule has 12 heavy (non-hydrogen) atoms. The zero-order chi connectivity index (χ0) is 9.35. The van der Waals surface area contributed by atoms with Crippen LogP contribution < -0.4 is 10.6 Å². The maximum atomic E-state index is 10.7. The van der Waals surface area contributed by atoms with E-state index >= 15 is 0 Å². The molecular formula is C4H6N2O5S. The van der Waals surface area contributed by atoms with Crippen LogP contribution in [-0.2, 0) is 14.9 Å². The van der Waals surface area contributed by atoms with Crippen molar-refractivity contribution >= 4 is 22.1 Å². The molecule has 0 bridgehead atoms. The van der Waals surface area contributed by atoms with Gasteiger partial charge < -0.3 is 5.32 Å². The highest BCUT2D eigenvalue weighted by Gasteiger charge is 2.32. The predicted octanol–water partition coefficient (Wildman–Crippen LogP) is -1.92. The number of carbonyl (C=O) groups excluding carboxylic acids is 2. The van der Waals surface area contributed by atoms with E-state index in [9.17, 15) is 18.0 Å². The molecule has 0 spiro atoms. The minimum Gasteiger partial charge on any atom is -0.325 e. The first kappa shape index (κ1) is 8.94. The number of urea groups is 1. The van der Waals surface area contributed by atoms with Crippen molar-refractivity contribution in [1.82, 2.24) is 10.6 Å². The lowest BCUT2D eigenvalue weighted by Crippen LogP contribution is -2.35. The Morgan fingerprint density at radius 3 is 2.33 bits per heavy atom. The molecular weight excluding hydrogens is 188 g/mol. The van der Waals surface area contributed by atoms with Crippen LogP contribution in [0.15, 0.2) is 0 Å². The Morgan fingerprint density at radius 2 is 2.00 bits per heavy atom. The number of hydrogen-bond acceptors (Lipinski definition) is 4. The molecule has 0 saturated carbocycles. The number of carbonyl (C=O) groups is 2. The third-order valence-electron chi connectivity index (χ3n) is 1.24. The van der Waals surface area contributed by atoms with Crippen molar-refractivity contribution in [2.24, 2.45) is 0 Å². The van der Waals surface area contributed by atoms with Crippen LogP contribution in [-0.4, -0.2) is 36.7 Å². The molecule has 68 valence electrons. The second kappa shape index (κ2) is 2.72. The van der Waals surface area contributed by atoms with Crippen molar-refractivity contribution < 1.29 is 22.6 Å². The van der Waals surface area contributed by atoms with E-state index in [-0.39, 0.29) is 0 Å². The van der Waals surface area contributed by atoms with E-state index in [2.05, 4.69) is 0 Å². The van der Waals surface area contributed by atoms with Crippen molar-refractivity contribution in [3.05, 3.63) is 0 Å². The van der Waals surface area contributed by atoms with Gasteiger partial charge in [-0.25, -0.2) is 4.79 Å². The Kier molecular flexibility index (Phi) is 2.02. The van der Waals surface area contributed by atoms with Crippen molar-refractivity contribution in [1.29, 1.82) is 0 Å². The Hall–Kier alpha value is -1.15. The normalized spacial score (nSPS) is 23.6. The zero-order valence-electron chi connectivity index (χ0n) is 5.77. The summed E-state index contributed by atoms with van der Waals surface area (Å²) in [6.07, 6.45) is 0. The highest BCUT2D eigenvalue weighted by molar-refractivity contribution is 7.85. The molecule has 1 saturated heterocycles. The second-order valence-corrected chi connectivity index (χ2v) is 3.76. The van der Waals surface area contributed by atoms with Crippen LogP contribution in [0, 0.1) is 0 Å². The van der Waals surface area contributed by atoms with Crippen LogP contribution in [0.4, 0.5) is 4.79 Å². The largest absolute Gasteiger partial charge is 0.325 e. The molecule has 3 amide bonds. The molecule has 0 radical (unpaired) electrons. The van der Waals surface area contributed by atoms with Gasteiger partial charge in [0.25, 0.3) is 16.0 Å². The zero-order valence-corrected chi connectivity index (χ0v) is 6.59. The van der Waals surface area contributed by atoms with Crippen molar-refractivity contribution in [3.63, 3.8) is 0 Å².